The molecule has 0 fully saturated rings. The Hall–Kier alpha value is -2.55. The number of phenols is 2. The molecule has 5 heteroatoms. The SMILES string of the molecule is Oc1cccc(-c2cccc3c2P(O)Oc2ccccc2-3)c1O. The highest BCUT2D eigenvalue weighted by atomic mass is 31.2. The molecule has 1 atom stereocenters. The van der Waals surface area contributed by atoms with Gasteiger partial charge in [-0.2, -0.15) is 0 Å². The van der Waals surface area contributed by atoms with Crippen LogP contribution in [0.5, 0.6) is 17.2 Å². The van der Waals surface area contributed by atoms with Gasteiger partial charge in [0.1, 0.15) is 5.75 Å². The summed E-state index contributed by atoms with van der Waals surface area (Å²) < 4.78 is 5.67. The summed E-state index contributed by atoms with van der Waals surface area (Å²) in [5.41, 5.74) is 2.89. The minimum Gasteiger partial charge on any atom is -0.504 e. The highest BCUT2D eigenvalue weighted by Crippen LogP contribution is 2.49. The lowest BCUT2D eigenvalue weighted by molar-refractivity contribution is 0.405. The molecule has 114 valence electrons. The average molecular weight is 324 g/mol. The van der Waals surface area contributed by atoms with Crippen LogP contribution < -0.4 is 9.83 Å². The minimum atomic E-state index is -1.85. The van der Waals surface area contributed by atoms with E-state index < -0.39 is 8.38 Å². The van der Waals surface area contributed by atoms with Crippen LogP contribution in [0.25, 0.3) is 22.3 Å². The van der Waals surface area contributed by atoms with E-state index in [2.05, 4.69) is 0 Å². The first-order chi connectivity index (χ1) is 11.2. The van der Waals surface area contributed by atoms with Gasteiger partial charge in [-0.05, 0) is 23.3 Å². The molecule has 3 aromatic rings. The Morgan fingerprint density at radius 2 is 1.30 bits per heavy atom. The second-order valence-electron chi connectivity index (χ2n) is 5.24. The zero-order valence-corrected chi connectivity index (χ0v) is 12.9. The van der Waals surface area contributed by atoms with Crippen molar-refractivity contribution in [3.05, 3.63) is 60.7 Å². The fourth-order valence-electron chi connectivity index (χ4n) is 2.84. The van der Waals surface area contributed by atoms with Crippen molar-refractivity contribution >= 4 is 13.7 Å². The molecule has 1 unspecified atom stereocenters. The van der Waals surface area contributed by atoms with Crippen molar-refractivity contribution in [1.82, 2.24) is 0 Å². The van der Waals surface area contributed by atoms with Gasteiger partial charge in [0.25, 0.3) is 8.38 Å². The van der Waals surface area contributed by atoms with Gasteiger partial charge in [0.05, 0.1) is 5.30 Å². The number of hydrogen-bond acceptors (Lipinski definition) is 4. The first-order valence-corrected chi connectivity index (χ1v) is 8.29. The summed E-state index contributed by atoms with van der Waals surface area (Å²) in [6, 6.07) is 17.9. The number of aromatic hydroxyl groups is 2. The van der Waals surface area contributed by atoms with Crippen LogP contribution >= 0.6 is 8.38 Å². The van der Waals surface area contributed by atoms with Gasteiger partial charge in [-0.25, -0.2) is 0 Å². The summed E-state index contributed by atoms with van der Waals surface area (Å²) in [6.45, 7) is 0. The van der Waals surface area contributed by atoms with Gasteiger partial charge in [0.2, 0.25) is 0 Å². The topological polar surface area (TPSA) is 69.9 Å². The molecule has 0 aliphatic carbocycles. The molecule has 0 spiro atoms. The second kappa shape index (κ2) is 5.27. The molecule has 0 radical (unpaired) electrons. The maximum absolute atomic E-state index is 10.5. The molecule has 3 N–H and O–H groups in total. The van der Waals surface area contributed by atoms with Crippen LogP contribution in [0, 0.1) is 0 Å². The minimum absolute atomic E-state index is 0.195. The van der Waals surface area contributed by atoms with Crippen LogP contribution in [-0.4, -0.2) is 15.1 Å². The van der Waals surface area contributed by atoms with E-state index in [0.29, 0.717) is 22.2 Å². The number of para-hydroxylation sites is 2. The molecule has 4 rings (SSSR count). The van der Waals surface area contributed by atoms with E-state index in [9.17, 15) is 15.1 Å². The molecule has 4 nitrogen and oxygen atoms in total. The average Bonchev–Trinajstić information content (AvgIpc) is 2.57. The Morgan fingerprint density at radius 3 is 2.13 bits per heavy atom. The van der Waals surface area contributed by atoms with Crippen LogP contribution in [0.15, 0.2) is 60.7 Å². The van der Waals surface area contributed by atoms with E-state index in [4.69, 9.17) is 4.52 Å². The van der Waals surface area contributed by atoms with Crippen LogP contribution in [0.3, 0.4) is 0 Å². The highest BCUT2D eigenvalue weighted by molar-refractivity contribution is 7.56. The third-order valence-corrected chi connectivity index (χ3v) is 5.13. The first-order valence-electron chi connectivity index (χ1n) is 7.07. The van der Waals surface area contributed by atoms with E-state index >= 15 is 0 Å². The highest BCUT2D eigenvalue weighted by Gasteiger charge is 2.29. The fourth-order valence-corrected chi connectivity index (χ4v) is 4.08. The summed E-state index contributed by atoms with van der Waals surface area (Å²) in [5, 5.41) is 20.6. The molecule has 1 aliphatic heterocycles. The zero-order chi connectivity index (χ0) is 16.0. The van der Waals surface area contributed by atoms with Gasteiger partial charge >= 0.3 is 0 Å². The molecule has 1 aliphatic rings. The predicted molar refractivity (Wildman–Crippen MR) is 90.0 cm³/mol. The van der Waals surface area contributed by atoms with E-state index in [1.807, 2.05) is 36.4 Å². The van der Waals surface area contributed by atoms with Crippen molar-refractivity contribution in [3.8, 4) is 39.5 Å². The lowest BCUT2D eigenvalue weighted by atomic mass is 9.97. The van der Waals surface area contributed by atoms with Crippen molar-refractivity contribution in [1.29, 1.82) is 0 Å². The molecule has 0 amide bonds. The quantitative estimate of drug-likeness (QED) is 0.471. The summed E-state index contributed by atoms with van der Waals surface area (Å²) in [5.74, 6) is 0.244. The summed E-state index contributed by atoms with van der Waals surface area (Å²) in [4.78, 5) is 10.5. The van der Waals surface area contributed by atoms with Crippen LogP contribution in [0.2, 0.25) is 0 Å². The maximum Gasteiger partial charge on any atom is 0.263 e. The molecule has 0 saturated heterocycles. The van der Waals surface area contributed by atoms with Crippen molar-refractivity contribution in [2.45, 2.75) is 0 Å². The van der Waals surface area contributed by atoms with Gasteiger partial charge in [-0.3, -0.25) is 0 Å². The Kier molecular flexibility index (Phi) is 3.22. The molecule has 3 aromatic carbocycles. The second-order valence-corrected chi connectivity index (χ2v) is 6.41. The number of benzene rings is 3. The molecular formula is C18H13O4P. The first kappa shape index (κ1) is 14.1. The Labute approximate surface area is 134 Å². The Morgan fingerprint density at radius 1 is 0.696 bits per heavy atom. The number of hydrogen-bond donors (Lipinski definition) is 3. The van der Waals surface area contributed by atoms with Crippen LogP contribution in [0.1, 0.15) is 0 Å². The van der Waals surface area contributed by atoms with Gasteiger partial charge in [-0.1, -0.05) is 48.5 Å². The monoisotopic (exact) mass is 324 g/mol. The lowest BCUT2D eigenvalue weighted by Crippen LogP contribution is -2.16. The molecule has 0 saturated carbocycles. The largest absolute Gasteiger partial charge is 0.504 e. The smallest absolute Gasteiger partial charge is 0.263 e. The van der Waals surface area contributed by atoms with Crippen LogP contribution in [0.4, 0.5) is 0 Å². The van der Waals surface area contributed by atoms with Crippen LogP contribution in [-0.2, 0) is 0 Å². The molecule has 0 bridgehead atoms. The molecular weight excluding hydrogens is 311 g/mol. The Balaban J connectivity index is 2.01. The van der Waals surface area contributed by atoms with Crippen molar-refractivity contribution in [2.24, 2.45) is 0 Å². The summed E-state index contributed by atoms with van der Waals surface area (Å²) in [6.07, 6.45) is 0. The number of rotatable bonds is 1. The maximum atomic E-state index is 10.5. The van der Waals surface area contributed by atoms with E-state index in [1.165, 1.54) is 6.07 Å². The van der Waals surface area contributed by atoms with Crippen molar-refractivity contribution < 1.29 is 19.6 Å². The third-order valence-electron chi connectivity index (χ3n) is 3.89. The van der Waals surface area contributed by atoms with Gasteiger partial charge < -0.3 is 19.6 Å². The zero-order valence-electron chi connectivity index (χ0n) is 12.0. The summed E-state index contributed by atoms with van der Waals surface area (Å²) >= 11 is 0. The predicted octanol–water partition coefficient (Wildman–Crippen LogP) is 3.75. The van der Waals surface area contributed by atoms with Gasteiger partial charge in [0, 0.05) is 11.1 Å². The van der Waals surface area contributed by atoms with E-state index in [-0.39, 0.29) is 11.5 Å². The van der Waals surface area contributed by atoms with E-state index in [1.54, 1.807) is 18.2 Å². The lowest BCUT2D eigenvalue weighted by Gasteiger charge is -2.26. The third kappa shape index (κ3) is 2.15. The van der Waals surface area contributed by atoms with E-state index in [0.717, 1.165) is 11.1 Å². The van der Waals surface area contributed by atoms with Gasteiger partial charge in [0.15, 0.2) is 11.5 Å². The standard InChI is InChI=1S/C18H13O4P/c19-15-9-4-6-12(17(15)20)14-8-3-7-13-11-5-1-2-10-16(11)22-23(21)18(13)14/h1-10,19-21H. The van der Waals surface area contributed by atoms with Gasteiger partial charge in [-0.15, -0.1) is 0 Å². The van der Waals surface area contributed by atoms with Crippen molar-refractivity contribution in [3.63, 3.8) is 0 Å². The summed E-state index contributed by atoms with van der Waals surface area (Å²) in [7, 11) is -1.85. The fraction of sp³-hybridized carbons (Fsp3) is 0. The number of phenolic OH excluding ortho intramolecular Hbond substituents is 2. The Bertz CT molecular complexity index is 907. The molecule has 1 heterocycles. The molecule has 0 aromatic heterocycles. The number of fused-ring (bicyclic) bond motifs is 3. The van der Waals surface area contributed by atoms with Crippen molar-refractivity contribution in [2.75, 3.05) is 0 Å². The molecule has 23 heavy (non-hydrogen) atoms. The normalized spacial score (nSPS) is 15.4.